The predicted molar refractivity (Wildman–Crippen MR) is 98.0 cm³/mol. The number of nitrogens with two attached hydrogens (primary N) is 1. The Hall–Kier alpha value is -0.610. The molecule has 0 aromatic carbocycles. The lowest BCUT2D eigenvalue weighted by molar-refractivity contribution is -0.167. The molecule has 1 heterocycles. The second-order valence-electron chi connectivity index (χ2n) is 10.4. The first-order valence-corrected chi connectivity index (χ1v) is 10.4. The normalized spacial score (nSPS) is 55.3. The van der Waals surface area contributed by atoms with Crippen molar-refractivity contribution in [2.75, 3.05) is 13.2 Å². The number of nitrogens with zero attached hydrogens (tertiary/aromatic N) is 1. The van der Waals surface area contributed by atoms with Crippen molar-refractivity contribution in [1.29, 1.82) is 0 Å². The van der Waals surface area contributed by atoms with Crippen LogP contribution in [0, 0.1) is 34.0 Å². The minimum absolute atomic E-state index is 0.236. The second kappa shape index (κ2) is 5.01. The fraction of sp³-hybridized carbons (Fsp3) is 0.952. The van der Waals surface area contributed by atoms with Gasteiger partial charge in [-0.2, -0.15) is 5.10 Å². The Morgan fingerprint density at radius 2 is 1.72 bits per heavy atom. The van der Waals surface area contributed by atoms with Crippen LogP contribution in [0.25, 0.3) is 0 Å². The van der Waals surface area contributed by atoms with E-state index in [1.54, 1.807) is 0 Å². The Morgan fingerprint density at radius 3 is 2.44 bits per heavy atom. The molecule has 5 aliphatic rings. The van der Waals surface area contributed by atoms with E-state index in [2.05, 4.69) is 25.9 Å². The van der Waals surface area contributed by atoms with Gasteiger partial charge in [0.15, 0.2) is 5.79 Å². The highest BCUT2D eigenvalue weighted by Gasteiger charge is 2.68. The van der Waals surface area contributed by atoms with E-state index in [1.165, 1.54) is 37.8 Å². The van der Waals surface area contributed by atoms with E-state index >= 15 is 0 Å². The van der Waals surface area contributed by atoms with E-state index in [0.29, 0.717) is 10.8 Å². The van der Waals surface area contributed by atoms with Crippen LogP contribution in [0.3, 0.4) is 0 Å². The zero-order valence-corrected chi connectivity index (χ0v) is 16.1. The molecule has 1 saturated heterocycles. The van der Waals surface area contributed by atoms with Gasteiger partial charge in [-0.15, -0.1) is 0 Å². The van der Waals surface area contributed by atoms with Gasteiger partial charge in [0, 0.05) is 24.0 Å². The van der Waals surface area contributed by atoms with E-state index < -0.39 is 0 Å². The maximum atomic E-state index is 6.15. The average Bonchev–Trinajstić information content (AvgIpc) is 3.23. The van der Waals surface area contributed by atoms with Gasteiger partial charge in [0.05, 0.1) is 13.2 Å². The van der Waals surface area contributed by atoms with Crippen molar-refractivity contribution in [2.24, 2.45) is 44.9 Å². The van der Waals surface area contributed by atoms with E-state index in [4.69, 9.17) is 15.3 Å². The number of hydrazone groups is 1. The Morgan fingerprint density at radius 1 is 0.960 bits per heavy atom. The molecule has 1 unspecified atom stereocenters. The average molecular weight is 347 g/mol. The third-order valence-electron chi connectivity index (χ3n) is 9.58. The predicted octanol–water partition coefficient (Wildman–Crippen LogP) is 4.09. The topological polar surface area (TPSA) is 56.8 Å². The van der Waals surface area contributed by atoms with Crippen molar-refractivity contribution < 1.29 is 9.47 Å². The van der Waals surface area contributed by atoms with Crippen LogP contribution >= 0.6 is 0 Å². The Bertz CT molecular complexity index is 613. The molecule has 0 amide bonds. The van der Waals surface area contributed by atoms with Crippen LogP contribution < -0.4 is 5.84 Å². The summed E-state index contributed by atoms with van der Waals surface area (Å²) < 4.78 is 12.3. The van der Waals surface area contributed by atoms with Crippen LogP contribution in [-0.4, -0.2) is 24.7 Å². The second-order valence-corrected chi connectivity index (χ2v) is 10.4. The standard InChI is InChI=1S/C21H34N2O2/c1-18-8-6-14-12-21(24-10-11-25-21)13-20(14,3)16(18)7-9-19(2)15(18)4-5-17(19)23-22/h14-16H,4-13,22H2,1-3H3/b23-17-/t14?,15-,16-,18-,19-,20-/m0/s1. The molecule has 5 rings (SSSR count). The maximum absolute atomic E-state index is 6.15. The van der Waals surface area contributed by atoms with Crippen LogP contribution in [0.1, 0.15) is 72.1 Å². The molecule has 140 valence electrons. The third kappa shape index (κ3) is 1.93. The SMILES string of the molecule is C[C@@]12CCC3CC4(C[C@]3(C)[C@H]1CC[C@]1(C)/C(=N\N)CC[C@@H]21)OCCO4. The maximum Gasteiger partial charge on any atom is 0.169 e. The zero-order valence-electron chi connectivity index (χ0n) is 16.1. The van der Waals surface area contributed by atoms with Crippen LogP contribution in [0.2, 0.25) is 0 Å². The first-order chi connectivity index (χ1) is 11.9. The number of hydrogen-bond acceptors (Lipinski definition) is 4. The van der Waals surface area contributed by atoms with Crippen molar-refractivity contribution in [3.05, 3.63) is 0 Å². The molecule has 4 heteroatoms. The van der Waals surface area contributed by atoms with Gasteiger partial charge < -0.3 is 15.3 Å². The number of hydrogen-bond donors (Lipinski definition) is 1. The summed E-state index contributed by atoms with van der Waals surface area (Å²) in [5, 5.41) is 4.23. The molecule has 4 aliphatic carbocycles. The molecule has 6 atom stereocenters. The summed E-state index contributed by atoms with van der Waals surface area (Å²) in [7, 11) is 0. The van der Waals surface area contributed by atoms with Crippen molar-refractivity contribution in [1.82, 2.24) is 0 Å². The van der Waals surface area contributed by atoms with Gasteiger partial charge in [0.25, 0.3) is 0 Å². The summed E-state index contributed by atoms with van der Waals surface area (Å²) in [6.45, 7) is 9.17. The van der Waals surface area contributed by atoms with Gasteiger partial charge in [-0.25, -0.2) is 0 Å². The molecular weight excluding hydrogens is 312 g/mol. The molecule has 0 radical (unpaired) electrons. The quantitative estimate of drug-likeness (QED) is 0.531. The molecule has 4 saturated carbocycles. The van der Waals surface area contributed by atoms with Gasteiger partial charge in [-0.1, -0.05) is 20.8 Å². The molecule has 25 heavy (non-hydrogen) atoms. The van der Waals surface area contributed by atoms with E-state index in [1.807, 2.05) is 0 Å². The van der Waals surface area contributed by atoms with E-state index in [-0.39, 0.29) is 11.2 Å². The number of ether oxygens (including phenoxy) is 2. The van der Waals surface area contributed by atoms with Crippen LogP contribution in [0.15, 0.2) is 5.10 Å². The number of fused-ring (bicyclic) bond motifs is 5. The van der Waals surface area contributed by atoms with Crippen molar-refractivity contribution in [2.45, 2.75) is 77.9 Å². The number of rotatable bonds is 0. The smallest absolute Gasteiger partial charge is 0.169 e. The highest BCUT2D eigenvalue weighted by Crippen LogP contribution is 2.72. The minimum Gasteiger partial charge on any atom is -0.348 e. The summed E-state index contributed by atoms with van der Waals surface area (Å²) in [4.78, 5) is 0. The molecular formula is C21H34N2O2. The lowest BCUT2D eigenvalue weighted by Crippen LogP contribution is -2.56. The fourth-order valence-electron chi connectivity index (χ4n) is 8.57. The lowest BCUT2D eigenvalue weighted by atomic mass is 9.42. The summed E-state index contributed by atoms with van der Waals surface area (Å²) in [6, 6.07) is 0. The zero-order chi connectivity index (χ0) is 17.5. The van der Waals surface area contributed by atoms with Gasteiger partial charge in [-0.05, 0) is 67.1 Å². The fourth-order valence-corrected chi connectivity index (χ4v) is 8.57. The Labute approximate surface area is 151 Å². The summed E-state index contributed by atoms with van der Waals surface area (Å²) in [5.74, 6) is 7.80. The molecule has 0 aromatic rings. The first kappa shape index (κ1) is 16.6. The Balaban J connectivity index is 1.51. The van der Waals surface area contributed by atoms with Gasteiger partial charge >= 0.3 is 0 Å². The highest BCUT2D eigenvalue weighted by atomic mass is 16.7. The largest absolute Gasteiger partial charge is 0.348 e. The molecule has 1 aliphatic heterocycles. The van der Waals surface area contributed by atoms with E-state index in [0.717, 1.165) is 50.2 Å². The van der Waals surface area contributed by atoms with Crippen molar-refractivity contribution >= 4 is 5.71 Å². The van der Waals surface area contributed by atoms with Crippen LogP contribution in [0.4, 0.5) is 0 Å². The van der Waals surface area contributed by atoms with Crippen molar-refractivity contribution in [3.8, 4) is 0 Å². The highest BCUT2D eigenvalue weighted by molar-refractivity contribution is 5.92. The van der Waals surface area contributed by atoms with Gasteiger partial charge in [0.1, 0.15) is 0 Å². The molecule has 5 fully saturated rings. The molecule has 4 nitrogen and oxygen atoms in total. The first-order valence-electron chi connectivity index (χ1n) is 10.4. The summed E-state index contributed by atoms with van der Waals surface area (Å²) in [5.41, 5.74) is 2.30. The van der Waals surface area contributed by atoms with Gasteiger partial charge in [0.2, 0.25) is 0 Å². The van der Waals surface area contributed by atoms with E-state index in [9.17, 15) is 0 Å². The molecule has 1 spiro atoms. The van der Waals surface area contributed by atoms with Crippen molar-refractivity contribution in [3.63, 3.8) is 0 Å². The summed E-state index contributed by atoms with van der Waals surface area (Å²) >= 11 is 0. The van der Waals surface area contributed by atoms with Crippen LogP contribution in [-0.2, 0) is 9.47 Å². The van der Waals surface area contributed by atoms with Crippen LogP contribution in [0.5, 0.6) is 0 Å². The Kier molecular flexibility index (Phi) is 3.32. The molecule has 0 aromatic heterocycles. The van der Waals surface area contributed by atoms with Gasteiger partial charge in [-0.3, -0.25) is 0 Å². The molecule has 2 N–H and O–H groups in total. The third-order valence-corrected chi connectivity index (χ3v) is 9.58. The minimum atomic E-state index is -0.259. The summed E-state index contributed by atoms with van der Waals surface area (Å²) in [6.07, 6.45) is 9.86. The monoisotopic (exact) mass is 346 g/mol. The lowest BCUT2D eigenvalue weighted by Gasteiger charge is -2.62. The molecule has 0 bridgehead atoms.